The number of carbonyl (C=O) groups is 3. The van der Waals surface area contributed by atoms with E-state index in [0.29, 0.717) is 44.6 Å². The molecule has 2 heterocycles. The molecule has 0 saturated carbocycles. The first kappa shape index (κ1) is 24.3. The van der Waals surface area contributed by atoms with Gasteiger partial charge in [0.15, 0.2) is 5.82 Å². The Bertz CT molecular complexity index is 666. The van der Waals surface area contributed by atoms with Gasteiger partial charge in [-0.3, -0.25) is 4.79 Å². The standard InChI is InChI=1S/C14H24N6O4.C3H7NO/c15-6-2-1-4-9(16)12-18-11(24-19-12)8-17-14(23)20-7-3-5-10(20)13(21)22;1-2-3(4)5/h9-10H,1-8,15-16H2,(H,17,23)(H,21,22);2H2,1H3,(H2,4,5). The molecule has 0 spiro atoms. The van der Waals surface area contributed by atoms with Crippen molar-refractivity contribution in [3.8, 4) is 0 Å². The minimum Gasteiger partial charge on any atom is -0.480 e. The quantitative estimate of drug-likeness (QED) is 0.340. The maximum absolute atomic E-state index is 12.1. The highest BCUT2D eigenvalue weighted by atomic mass is 16.5. The summed E-state index contributed by atoms with van der Waals surface area (Å²) in [7, 11) is 0. The number of aliphatic carboxylic acids is 1. The molecule has 0 bridgehead atoms. The highest BCUT2D eigenvalue weighted by Gasteiger charge is 2.34. The minimum atomic E-state index is -0.994. The molecule has 0 radical (unpaired) electrons. The van der Waals surface area contributed by atoms with E-state index in [2.05, 4.69) is 21.2 Å². The Labute approximate surface area is 169 Å². The molecule has 1 aliphatic heterocycles. The molecular formula is C17H31N7O5. The third-order valence-electron chi connectivity index (χ3n) is 4.32. The van der Waals surface area contributed by atoms with Gasteiger partial charge in [-0.1, -0.05) is 18.5 Å². The number of carbonyl (C=O) groups excluding carboxylic acids is 2. The number of nitrogens with two attached hydrogens (primary N) is 3. The Morgan fingerprint density at radius 3 is 2.66 bits per heavy atom. The van der Waals surface area contributed by atoms with Crippen molar-refractivity contribution in [2.45, 2.75) is 64.1 Å². The van der Waals surface area contributed by atoms with Crippen LogP contribution in [0, 0.1) is 0 Å². The number of rotatable bonds is 9. The summed E-state index contributed by atoms with van der Waals surface area (Å²) in [5, 5.41) is 15.5. The second kappa shape index (κ2) is 12.7. The predicted octanol–water partition coefficient (Wildman–Crippen LogP) is -0.161. The smallest absolute Gasteiger partial charge is 0.326 e. The van der Waals surface area contributed by atoms with Gasteiger partial charge in [0.2, 0.25) is 11.8 Å². The second-order valence-electron chi connectivity index (χ2n) is 6.61. The van der Waals surface area contributed by atoms with E-state index in [1.165, 1.54) is 4.90 Å². The molecule has 2 atom stereocenters. The van der Waals surface area contributed by atoms with Gasteiger partial charge in [-0.2, -0.15) is 4.98 Å². The van der Waals surface area contributed by atoms with E-state index >= 15 is 0 Å². The van der Waals surface area contributed by atoms with Crippen molar-refractivity contribution in [2.24, 2.45) is 17.2 Å². The van der Waals surface area contributed by atoms with Crippen molar-refractivity contribution < 1.29 is 24.0 Å². The Morgan fingerprint density at radius 2 is 2.07 bits per heavy atom. The summed E-state index contributed by atoms with van der Waals surface area (Å²) in [6, 6.07) is -1.56. The largest absolute Gasteiger partial charge is 0.480 e. The molecule has 12 heteroatoms. The number of amides is 3. The molecule has 2 rings (SSSR count). The van der Waals surface area contributed by atoms with Crippen LogP contribution in [0.25, 0.3) is 0 Å². The van der Waals surface area contributed by atoms with E-state index in [1.807, 2.05) is 0 Å². The molecule has 1 fully saturated rings. The van der Waals surface area contributed by atoms with Gasteiger partial charge in [0.05, 0.1) is 12.6 Å². The van der Waals surface area contributed by atoms with Crippen LogP contribution in [0.1, 0.15) is 63.2 Å². The molecule has 1 aromatic heterocycles. The van der Waals surface area contributed by atoms with Gasteiger partial charge in [0, 0.05) is 13.0 Å². The highest BCUT2D eigenvalue weighted by molar-refractivity contribution is 5.83. The first-order valence-corrected chi connectivity index (χ1v) is 9.63. The van der Waals surface area contributed by atoms with Crippen LogP contribution in [-0.2, 0) is 16.1 Å². The van der Waals surface area contributed by atoms with Crippen LogP contribution in [0.4, 0.5) is 4.79 Å². The maximum Gasteiger partial charge on any atom is 0.326 e. The number of likely N-dealkylation sites (tertiary alicyclic amines) is 1. The summed E-state index contributed by atoms with van der Waals surface area (Å²) in [6.07, 6.45) is 4.05. The number of hydrogen-bond donors (Lipinski definition) is 5. The number of carboxylic acids is 1. The van der Waals surface area contributed by atoms with Gasteiger partial charge in [-0.15, -0.1) is 0 Å². The lowest BCUT2D eigenvalue weighted by molar-refractivity contribution is -0.141. The van der Waals surface area contributed by atoms with Crippen LogP contribution in [0.3, 0.4) is 0 Å². The molecule has 1 aliphatic rings. The molecule has 1 aromatic rings. The average Bonchev–Trinajstić information content (AvgIpc) is 3.36. The van der Waals surface area contributed by atoms with Gasteiger partial charge in [-0.25, -0.2) is 9.59 Å². The predicted molar refractivity (Wildman–Crippen MR) is 103 cm³/mol. The number of hydrogen-bond acceptors (Lipinski definition) is 8. The number of nitrogens with zero attached hydrogens (tertiary/aromatic N) is 3. The van der Waals surface area contributed by atoms with E-state index in [4.69, 9.17) is 21.1 Å². The normalized spacial score (nSPS) is 16.7. The third-order valence-corrected chi connectivity index (χ3v) is 4.32. The summed E-state index contributed by atoms with van der Waals surface area (Å²) in [5.41, 5.74) is 16.1. The first-order chi connectivity index (χ1) is 13.8. The lowest BCUT2D eigenvalue weighted by atomic mass is 10.1. The van der Waals surface area contributed by atoms with Crippen molar-refractivity contribution in [3.63, 3.8) is 0 Å². The zero-order chi connectivity index (χ0) is 21.8. The van der Waals surface area contributed by atoms with Crippen molar-refractivity contribution >= 4 is 17.9 Å². The molecule has 164 valence electrons. The summed E-state index contributed by atoms with van der Waals surface area (Å²) in [6.45, 7) is 2.79. The van der Waals surface area contributed by atoms with Crippen LogP contribution < -0.4 is 22.5 Å². The van der Waals surface area contributed by atoms with Crippen LogP contribution in [0.2, 0.25) is 0 Å². The average molecular weight is 413 g/mol. The fourth-order valence-electron chi connectivity index (χ4n) is 2.65. The number of urea groups is 1. The number of carboxylic acid groups (broad SMARTS) is 1. The van der Waals surface area contributed by atoms with Crippen LogP contribution >= 0.6 is 0 Å². The SMILES string of the molecule is CCC(N)=O.NCCCCC(N)c1noc(CNC(=O)N2CCCC2C(=O)O)n1. The molecule has 0 aromatic carbocycles. The van der Waals surface area contributed by atoms with Crippen LogP contribution in [-0.4, -0.2) is 57.2 Å². The summed E-state index contributed by atoms with van der Waals surface area (Å²) < 4.78 is 5.06. The fraction of sp³-hybridized carbons (Fsp3) is 0.706. The maximum atomic E-state index is 12.1. The van der Waals surface area contributed by atoms with Crippen molar-refractivity contribution in [1.82, 2.24) is 20.4 Å². The summed E-state index contributed by atoms with van der Waals surface area (Å²) in [5.74, 6) is -0.615. The van der Waals surface area contributed by atoms with Crippen LogP contribution in [0.5, 0.6) is 0 Å². The Hall–Kier alpha value is -2.73. The molecule has 2 unspecified atom stereocenters. The monoisotopic (exact) mass is 413 g/mol. The lowest BCUT2D eigenvalue weighted by Crippen LogP contribution is -2.45. The molecule has 3 amide bonds. The van der Waals surface area contributed by atoms with Gasteiger partial charge in [-0.05, 0) is 32.2 Å². The van der Waals surface area contributed by atoms with Crippen LogP contribution in [0.15, 0.2) is 4.52 Å². The lowest BCUT2D eigenvalue weighted by Gasteiger charge is -2.21. The van der Waals surface area contributed by atoms with Crippen molar-refractivity contribution in [3.05, 3.63) is 11.7 Å². The van der Waals surface area contributed by atoms with Gasteiger partial charge >= 0.3 is 12.0 Å². The first-order valence-electron chi connectivity index (χ1n) is 9.63. The number of aromatic nitrogens is 2. The molecule has 12 nitrogen and oxygen atoms in total. The Kier molecular flexibility index (Phi) is 10.6. The van der Waals surface area contributed by atoms with E-state index < -0.39 is 18.0 Å². The van der Waals surface area contributed by atoms with E-state index in [9.17, 15) is 14.4 Å². The van der Waals surface area contributed by atoms with E-state index in [0.717, 1.165) is 12.8 Å². The third kappa shape index (κ3) is 8.44. The van der Waals surface area contributed by atoms with E-state index in [1.54, 1.807) is 6.92 Å². The summed E-state index contributed by atoms with van der Waals surface area (Å²) >= 11 is 0. The number of primary amides is 1. The van der Waals surface area contributed by atoms with Gasteiger partial charge in [0.1, 0.15) is 6.04 Å². The topological polar surface area (TPSA) is 204 Å². The summed E-state index contributed by atoms with van der Waals surface area (Å²) in [4.78, 5) is 38.2. The zero-order valence-electron chi connectivity index (χ0n) is 16.7. The zero-order valence-corrected chi connectivity index (χ0v) is 16.7. The highest BCUT2D eigenvalue weighted by Crippen LogP contribution is 2.17. The van der Waals surface area contributed by atoms with Gasteiger partial charge < -0.3 is 37.0 Å². The Morgan fingerprint density at radius 1 is 1.38 bits per heavy atom. The molecular weight excluding hydrogens is 382 g/mol. The fourth-order valence-corrected chi connectivity index (χ4v) is 2.65. The molecule has 29 heavy (non-hydrogen) atoms. The van der Waals surface area contributed by atoms with Crippen molar-refractivity contribution in [2.75, 3.05) is 13.1 Å². The molecule has 8 N–H and O–H groups in total. The minimum absolute atomic E-state index is 0.0319. The Balaban J connectivity index is 0.000000749. The number of nitrogens with one attached hydrogen (secondary N) is 1. The van der Waals surface area contributed by atoms with Crippen molar-refractivity contribution in [1.29, 1.82) is 0 Å². The van der Waals surface area contributed by atoms with Gasteiger partial charge in [0.25, 0.3) is 0 Å². The molecule has 0 aliphatic carbocycles. The number of unbranched alkanes of at least 4 members (excludes halogenated alkanes) is 1. The molecule has 1 saturated heterocycles. The van der Waals surface area contributed by atoms with E-state index in [-0.39, 0.29) is 24.4 Å². The second-order valence-corrected chi connectivity index (χ2v) is 6.61.